The maximum absolute atomic E-state index is 11.5. The SMILES string of the molecule is CC(C)(C)C1CCCCC1N1CCNCC1C(=O)O. The van der Waals surface area contributed by atoms with Crippen molar-refractivity contribution in [1.82, 2.24) is 10.2 Å². The molecule has 2 N–H and O–H groups in total. The Labute approximate surface area is 116 Å². The van der Waals surface area contributed by atoms with Gasteiger partial charge in [-0.05, 0) is 24.2 Å². The number of hydrogen-bond acceptors (Lipinski definition) is 3. The van der Waals surface area contributed by atoms with Crippen LogP contribution in [0.5, 0.6) is 0 Å². The Bertz CT molecular complexity index is 325. The monoisotopic (exact) mass is 268 g/mol. The zero-order valence-corrected chi connectivity index (χ0v) is 12.5. The van der Waals surface area contributed by atoms with Crippen molar-refractivity contribution in [1.29, 1.82) is 0 Å². The summed E-state index contributed by atoms with van der Waals surface area (Å²) in [4.78, 5) is 13.8. The van der Waals surface area contributed by atoms with Crippen molar-refractivity contribution < 1.29 is 9.90 Å². The number of aliphatic carboxylic acids is 1. The molecule has 4 heteroatoms. The number of carboxylic acid groups (broad SMARTS) is 1. The van der Waals surface area contributed by atoms with E-state index in [1.807, 2.05) is 0 Å². The molecule has 0 spiro atoms. The van der Waals surface area contributed by atoms with Gasteiger partial charge in [-0.15, -0.1) is 0 Å². The predicted molar refractivity (Wildman–Crippen MR) is 76.2 cm³/mol. The molecule has 1 heterocycles. The van der Waals surface area contributed by atoms with Crippen LogP contribution in [0.3, 0.4) is 0 Å². The second-order valence-corrected chi connectivity index (χ2v) is 7.12. The molecule has 3 atom stereocenters. The molecule has 2 aliphatic rings. The van der Waals surface area contributed by atoms with E-state index in [-0.39, 0.29) is 11.5 Å². The van der Waals surface area contributed by atoms with Crippen molar-refractivity contribution in [2.45, 2.75) is 58.5 Å². The van der Waals surface area contributed by atoms with E-state index >= 15 is 0 Å². The average Bonchev–Trinajstić information content (AvgIpc) is 2.37. The second kappa shape index (κ2) is 5.80. The van der Waals surface area contributed by atoms with Crippen LogP contribution >= 0.6 is 0 Å². The van der Waals surface area contributed by atoms with Crippen LogP contribution in [0.1, 0.15) is 46.5 Å². The Morgan fingerprint density at radius 3 is 2.58 bits per heavy atom. The number of piperazine rings is 1. The van der Waals surface area contributed by atoms with Gasteiger partial charge < -0.3 is 10.4 Å². The highest BCUT2D eigenvalue weighted by Gasteiger charge is 2.41. The minimum absolute atomic E-state index is 0.263. The van der Waals surface area contributed by atoms with Crippen LogP contribution < -0.4 is 5.32 Å². The fourth-order valence-corrected chi connectivity index (χ4v) is 3.86. The minimum Gasteiger partial charge on any atom is -0.480 e. The van der Waals surface area contributed by atoms with E-state index in [0.717, 1.165) is 19.5 Å². The van der Waals surface area contributed by atoms with Crippen molar-refractivity contribution in [2.75, 3.05) is 19.6 Å². The summed E-state index contributed by atoms with van der Waals surface area (Å²) in [7, 11) is 0. The van der Waals surface area contributed by atoms with E-state index in [2.05, 4.69) is 31.0 Å². The van der Waals surface area contributed by atoms with Gasteiger partial charge in [-0.3, -0.25) is 9.69 Å². The minimum atomic E-state index is -0.676. The third kappa shape index (κ3) is 3.29. The molecule has 1 saturated heterocycles. The Morgan fingerprint density at radius 1 is 1.26 bits per heavy atom. The molecule has 1 saturated carbocycles. The number of rotatable bonds is 2. The molecular formula is C15H28N2O2. The normalized spacial score (nSPS) is 34.2. The van der Waals surface area contributed by atoms with Gasteiger partial charge in [-0.1, -0.05) is 33.6 Å². The van der Waals surface area contributed by atoms with Crippen molar-refractivity contribution >= 4 is 5.97 Å². The van der Waals surface area contributed by atoms with Gasteiger partial charge in [-0.25, -0.2) is 0 Å². The molecule has 2 rings (SSSR count). The van der Waals surface area contributed by atoms with Crippen LogP contribution in [0.25, 0.3) is 0 Å². The lowest BCUT2D eigenvalue weighted by molar-refractivity contribution is -0.146. The zero-order chi connectivity index (χ0) is 14.0. The quantitative estimate of drug-likeness (QED) is 0.804. The highest BCUT2D eigenvalue weighted by molar-refractivity contribution is 5.74. The molecule has 0 aromatic rings. The molecule has 0 radical (unpaired) electrons. The van der Waals surface area contributed by atoms with Crippen molar-refractivity contribution in [2.24, 2.45) is 11.3 Å². The molecule has 1 aliphatic carbocycles. The van der Waals surface area contributed by atoms with Gasteiger partial charge in [0.05, 0.1) is 0 Å². The summed E-state index contributed by atoms with van der Waals surface area (Å²) in [6.45, 7) is 9.27. The van der Waals surface area contributed by atoms with E-state index in [4.69, 9.17) is 0 Å². The van der Waals surface area contributed by atoms with E-state index in [1.165, 1.54) is 19.3 Å². The number of hydrogen-bond donors (Lipinski definition) is 2. The van der Waals surface area contributed by atoms with Crippen LogP contribution in [0, 0.1) is 11.3 Å². The molecule has 0 aromatic carbocycles. The molecule has 1 aliphatic heterocycles. The third-order valence-electron chi connectivity index (χ3n) is 4.84. The summed E-state index contributed by atoms with van der Waals surface area (Å²) in [6, 6.07) is 0.0960. The van der Waals surface area contributed by atoms with Crippen LogP contribution in [-0.4, -0.2) is 47.7 Å². The summed E-state index contributed by atoms with van der Waals surface area (Å²) in [5, 5.41) is 12.7. The second-order valence-electron chi connectivity index (χ2n) is 7.12. The number of nitrogens with zero attached hydrogens (tertiary/aromatic N) is 1. The van der Waals surface area contributed by atoms with Gasteiger partial charge in [0.2, 0.25) is 0 Å². The highest BCUT2D eigenvalue weighted by atomic mass is 16.4. The summed E-state index contributed by atoms with van der Waals surface area (Å²) in [5.74, 6) is -0.0633. The first-order valence-corrected chi connectivity index (χ1v) is 7.60. The number of nitrogens with one attached hydrogen (secondary N) is 1. The maximum atomic E-state index is 11.5. The van der Waals surface area contributed by atoms with Gasteiger partial charge in [0.1, 0.15) is 6.04 Å². The molecule has 2 fully saturated rings. The molecule has 0 bridgehead atoms. The van der Waals surface area contributed by atoms with Crippen LogP contribution in [-0.2, 0) is 4.79 Å². The van der Waals surface area contributed by atoms with Crippen LogP contribution in [0.2, 0.25) is 0 Å². The lowest BCUT2D eigenvalue weighted by Crippen LogP contribution is -2.61. The van der Waals surface area contributed by atoms with Crippen LogP contribution in [0.15, 0.2) is 0 Å². The van der Waals surface area contributed by atoms with E-state index in [0.29, 0.717) is 18.5 Å². The number of carboxylic acids is 1. The van der Waals surface area contributed by atoms with E-state index in [1.54, 1.807) is 0 Å². The molecule has 110 valence electrons. The lowest BCUT2D eigenvalue weighted by atomic mass is 9.68. The number of carbonyl (C=O) groups is 1. The highest BCUT2D eigenvalue weighted by Crippen LogP contribution is 2.41. The van der Waals surface area contributed by atoms with Gasteiger partial charge in [0.15, 0.2) is 0 Å². The van der Waals surface area contributed by atoms with Gasteiger partial charge in [-0.2, -0.15) is 0 Å². The standard InChI is InChI=1S/C15H28N2O2/c1-15(2,3)11-6-4-5-7-12(11)17-9-8-16-10-13(17)14(18)19/h11-13,16H,4-10H2,1-3H3,(H,18,19). The Kier molecular flexibility index (Phi) is 4.51. The average molecular weight is 268 g/mol. The van der Waals surface area contributed by atoms with Gasteiger partial charge in [0, 0.05) is 25.7 Å². The Morgan fingerprint density at radius 2 is 1.95 bits per heavy atom. The van der Waals surface area contributed by atoms with Crippen molar-refractivity contribution in [3.05, 3.63) is 0 Å². The molecule has 4 nitrogen and oxygen atoms in total. The summed E-state index contributed by atoms with van der Waals surface area (Å²) < 4.78 is 0. The zero-order valence-electron chi connectivity index (χ0n) is 12.5. The molecule has 19 heavy (non-hydrogen) atoms. The molecule has 3 unspecified atom stereocenters. The largest absolute Gasteiger partial charge is 0.480 e. The van der Waals surface area contributed by atoms with E-state index in [9.17, 15) is 9.90 Å². The first-order chi connectivity index (χ1) is 8.91. The lowest BCUT2D eigenvalue weighted by Gasteiger charge is -2.49. The predicted octanol–water partition coefficient (Wildman–Crippen LogP) is 1.95. The molecule has 0 amide bonds. The summed E-state index contributed by atoms with van der Waals surface area (Å²) in [5.41, 5.74) is 0.263. The molecule has 0 aromatic heterocycles. The fraction of sp³-hybridized carbons (Fsp3) is 0.933. The summed E-state index contributed by atoms with van der Waals surface area (Å²) >= 11 is 0. The molecular weight excluding hydrogens is 240 g/mol. The van der Waals surface area contributed by atoms with Crippen molar-refractivity contribution in [3.8, 4) is 0 Å². The fourth-order valence-electron chi connectivity index (χ4n) is 3.86. The van der Waals surface area contributed by atoms with Gasteiger partial charge in [0.25, 0.3) is 0 Å². The van der Waals surface area contributed by atoms with E-state index < -0.39 is 5.97 Å². The smallest absolute Gasteiger partial charge is 0.322 e. The maximum Gasteiger partial charge on any atom is 0.322 e. The summed E-state index contributed by atoms with van der Waals surface area (Å²) in [6.07, 6.45) is 4.94. The van der Waals surface area contributed by atoms with Gasteiger partial charge >= 0.3 is 5.97 Å². The van der Waals surface area contributed by atoms with Crippen LogP contribution in [0.4, 0.5) is 0 Å². The van der Waals surface area contributed by atoms with Crippen molar-refractivity contribution in [3.63, 3.8) is 0 Å². The Balaban J connectivity index is 2.18. The Hall–Kier alpha value is -0.610. The third-order valence-corrected chi connectivity index (χ3v) is 4.84. The first kappa shape index (κ1) is 14.8. The first-order valence-electron chi connectivity index (χ1n) is 7.60. The topological polar surface area (TPSA) is 52.6 Å².